The van der Waals surface area contributed by atoms with E-state index in [0.29, 0.717) is 6.61 Å². The SMILES string of the molecule is COCCn1cnnc1SCc1cc(C)nc2ccccc12. The number of aryl methyl sites for hydroxylation is 1. The summed E-state index contributed by atoms with van der Waals surface area (Å²) < 4.78 is 7.13. The number of pyridine rings is 1. The first-order valence-corrected chi connectivity index (χ1v) is 8.11. The zero-order valence-corrected chi connectivity index (χ0v) is 13.5. The van der Waals surface area contributed by atoms with Crippen molar-refractivity contribution in [2.75, 3.05) is 13.7 Å². The Bertz CT molecular complexity index is 772. The summed E-state index contributed by atoms with van der Waals surface area (Å²) in [7, 11) is 1.70. The van der Waals surface area contributed by atoms with Gasteiger partial charge in [-0.2, -0.15) is 0 Å². The van der Waals surface area contributed by atoms with Gasteiger partial charge in [-0.3, -0.25) is 4.98 Å². The van der Waals surface area contributed by atoms with Crippen LogP contribution in [0.4, 0.5) is 0 Å². The Kier molecular flexibility index (Phi) is 4.70. The molecular weight excluding hydrogens is 296 g/mol. The zero-order chi connectivity index (χ0) is 15.4. The van der Waals surface area contributed by atoms with Crippen molar-refractivity contribution in [1.29, 1.82) is 0 Å². The van der Waals surface area contributed by atoms with Crippen molar-refractivity contribution in [2.24, 2.45) is 0 Å². The number of nitrogens with zero attached hydrogens (tertiary/aromatic N) is 4. The van der Waals surface area contributed by atoms with Gasteiger partial charge in [-0.25, -0.2) is 0 Å². The molecule has 0 saturated heterocycles. The standard InChI is InChI=1S/C16H18N4OS/c1-12-9-13(14-5-3-4-6-15(14)18-12)10-22-16-19-17-11-20(16)7-8-21-2/h3-6,9,11H,7-8,10H2,1-2H3. The van der Waals surface area contributed by atoms with Gasteiger partial charge in [-0.15, -0.1) is 10.2 Å². The van der Waals surface area contributed by atoms with E-state index in [0.717, 1.165) is 28.7 Å². The Morgan fingerprint density at radius 1 is 1.27 bits per heavy atom. The van der Waals surface area contributed by atoms with E-state index in [-0.39, 0.29) is 0 Å². The summed E-state index contributed by atoms with van der Waals surface area (Å²) in [6.45, 7) is 3.45. The molecule has 0 saturated carbocycles. The fourth-order valence-electron chi connectivity index (χ4n) is 2.36. The van der Waals surface area contributed by atoms with Crippen LogP contribution < -0.4 is 0 Å². The molecule has 6 heteroatoms. The van der Waals surface area contributed by atoms with E-state index >= 15 is 0 Å². The van der Waals surface area contributed by atoms with Crippen molar-refractivity contribution < 1.29 is 4.74 Å². The largest absolute Gasteiger partial charge is 0.383 e. The molecule has 0 fully saturated rings. The average molecular weight is 314 g/mol. The number of aromatic nitrogens is 4. The van der Waals surface area contributed by atoms with Crippen LogP contribution in [0.3, 0.4) is 0 Å². The molecule has 22 heavy (non-hydrogen) atoms. The number of ether oxygens (including phenoxy) is 1. The van der Waals surface area contributed by atoms with E-state index < -0.39 is 0 Å². The van der Waals surface area contributed by atoms with E-state index in [4.69, 9.17) is 4.74 Å². The van der Waals surface area contributed by atoms with Crippen molar-refractivity contribution in [1.82, 2.24) is 19.7 Å². The minimum Gasteiger partial charge on any atom is -0.383 e. The molecule has 0 spiro atoms. The minimum absolute atomic E-state index is 0.656. The first-order chi connectivity index (χ1) is 10.8. The Balaban J connectivity index is 1.81. The second kappa shape index (κ2) is 6.89. The fourth-order valence-corrected chi connectivity index (χ4v) is 3.29. The number of hydrogen-bond acceptors (Lipinski definition) is 5. The first-order valence-electron chi connectivity index (χ1n) is 7.13. The molecule has 5 nitrogen and oxygen atoms in total. The van der Waals surface area contributed by atoms with Gasteiger partial charge in [0.05, 0.1) is 12.1 Å². The second-order valence-electron chi connectivity index (χ2n) is 5.03. The van der Waals surface area contributed by atoms with Crippen LogP contribution >= 0.6 is 11.8 Å². The molecule has 0 aliphatic rings. The maximum absolute atomic E-state index is 5.11. The predicted octanol–water partition coefficient (Wildman–Crippen LogP) is 3.07. The number of fused-ring (bicyclic) bond motifs is 1. The molecule has 0 atom stereocenters. The summed E-state index contributed by atoms with van der Waals surface area (Å²) in [6, 6.07) is 10.4. The van der Waals surface area contributed by atoms with Gasteiger partial charge in [0.15, 0.2) is 5.16 Å². The molecule has 0 N–H and O–H groups in total. The highest BCUT2D eigenvalue weighted by Gasteiger charge is 2.08. The highest BCUT2D eigenvalue weighted by Crippen LogP contribution is 2.26. The Hall–Kier alpha value is -1.92. The number of thioether (sulfide) groups is 1. The van der Waals surface area contributed by atoms with E-state index in [1.165, 1.54) is 10.9 Å². The summed E-state index contributed by atoms with van der Waals surface area (Å²) in [5, 5.41) is 10.3. The van der Waals surface area contributed by atoms with Gasteiger partial charge >= 0.3 is 0 Å². The number of rotatable bonds is 6. The van der Waals surface area contributed by atoms with Gasteiger partial charge in [0.25, 0.3) is 0 Å². The summed E-state index contributed by atoms with van der Waals surface area (Å²) in [5.41, 5.74) is 3.35. The minimum atomic E-state index is 0.656. The molecule has 2 heterocycles. The first kappa shape index (κ1) is 15.0. The molecule has 0 bridgehead atoms. The molecule has 3 rings (SSSR count). The van der Waals surface area contributed by atoms with Gasteiger partial charge in [-0.05, 0) is 24.6 Å². The van der Waals surface area contributed by atoms with Gasteiger partial charge in [-0.1, -0.05) is 30.0 Å². The summed E-state index contributed by atoms with van der Waals surface area (Å²) in [4.78, 5) is 4.58. The lowest BCUT2D eigenvalue weighted by atomic mass is 10.1. The number of hydrogen-bond donors (Lipinski definition) is 0. The second-order valence-corrected chi connectivity index (χ2v) is 5.97. The van der Waals surface area contributed by atoms with E-state index in [9.17, 15) is 0 Å². The maximum atomic E-state index is 5.11. The molecule has 114 valence electrons. The van der Waals surface area contributed by atoms with Crippen molar-refractivity contribution in [3.63, 3.8) is 0 Å². The Morgan fingerprint density at radius 3 is 3.00 bits per heavy atom. The molecule has 3 aromatic rings. The van der Waals surface area contributed by atoms with Gasteiger partial charge in [0.1, 0.15) is 6.33 Å². The van der Waals surface area contributed by atoms with Crippen molar-refractivity contribution in [3.8, 4) is 0 Å². The maximum Gasteiger partial charge on any atom is 0.191 e. The Labute approximate surface area is 133 Å². The molecular formula is C16H18N4OS. The molecule has 0 aliphatic carbocycles. The van der Waals surface area contributed by atoms with Crippen molar-refractivity contribution in [3.05, 3.63) is 47.9 Å². The molecule has 0 radical (unpaired) electrons. The van der Waals surface area contributed by atoms with Gasteiger partial charge in [0, 0.05) is 30.5 Å². The summed E-state index contributed by atoms with van der Waals surface area (Å²) >= 11 is 1.69. The lowest BCUT2D eigenvalue weighted by Crippen LogP contribution is -2.04. The van der Waals surface area contributed by atoms with Crippen LogP contribution in [0.1, 0.15) is 11.3 Å². The smallest absolute Gasteiger partial charge is 0.191 e. The average Bonchev–Trinajstić information content (AvgIpc) is 2.97. The van der Waals surface area contributed by atoms with Crippen LogP contribution in [0.2, 0.25) is 0 Å². The van der Waals surface area contributed by atoms with Crippen molar-refractivity contribution >= 4 is 22.7 Å². The number of benzene rings is 1. The van der Waals surface area contributed by atoms with Crippen LogP contribution in [0.15, 0.2) is 41.8 Å². The van der Waals surface area contributed by atoms with Crippen LogP contribution in [-0.4, -0.2) is 33.5 Å². The third kappa shape index (κ3) is 3.28. The van der Waals surface area contributed by atoms with E-state index in [1.807, 2.05) is 17.6 Å². The molecule has 0 amide bonds. The third-order valence-corrected chi connectivity index (χ3v) is 4.43. The third-order valence-electron chi connectivity index (χ3n) is 3.40. The number of para-hydroxylation sites is 1. The molecule has 1 aromatic carbocycles. The molecule has 0 aliphatic heterocycles. The van der Waals surface area contributed by atoms with Crippen LogP contribution in [0.5, 0.6) is 0 Å². The van der Waals surface area contributed by atoms with Gasteiger partial charge in [0.2, 0.25) is 0 Å². The predicted molar refractivity (Wildman–Crippen MR) is 87.9 cm³/mol. The molecule has 2 aromatic heterocycles. The van der Waals surface area contributed by atoms with E-state index in [1.54, 1.807) is 25.2 Å². The summed E-state index contributed by atoms with van der Waals surface area (Å²) in [5.74, 6) is 0.843. The zero-order valence-electron chi connectivity index (χ0n) is 12.7. The summed E-state index contributed by atoms with van der Waals surface area (Å²) in [6.07, 6.45) is 1.75. The highest BCUT2D eigenvalue weighted by molar-refractivity contribution is 7.98. The topological polar surface area (TPSA) is 52.8 Å². The lowest BCUT2D eigenvalue weighted by Gasteiger charge is -2.08. The normalized spacial score (nSPS) is 11.2. The fraction of sp³-hybridized carbons (Fsp3) is 0.312. The molecule has 0 unspecified atom stereocenters. The van der Waals surface area contributed by atoms with E-state index in [2.05, 4.69) is 39.4 Å². The Morgan fingerprint density at radius 2 is 2.14 bits per heavy atom. The van der Waals surface area contributed by atoms with Crippen molar-refractivity contribution in [2.45, 2.75) is 24.4 Å². The lowest BCUT2D eigenvalue weighted by molar-refractivity contribution is 0.184. The number of methoxy groups -OCH3 is 1. The van der Waals surface area contributed by atoms with Crippen LogP contribution in [0.25, 0.3) is 10.9 Å². The van der Waals surface area contributed by atoms with Crippen LogP contribution in [-0.2, 0) is 17.0 Å². The van der Waals surface area contributed by atoms with Crippen LogP contribution in [0, 0.1) is 6.92 Å². The highest BCUT2D eigenvalue weighted by atomic mass is 32.2. The monoisotopic (exact) mass is 314 g/mol. The quantitative estimate of drug-likeness (QED) is 0.655. The van der Waals surface area contributed by atoms with Gasteiger partial charge < -0.3 is 9.30 Å².